The molecule has 5 nitrogen and oxygen atoms in total. The summed E-state index contributed by atoms with van der Waals surface area (Å²) < 4.78 is 12.3. The van der Waals surface area contributed by atoms with Crippen LogP contribution in [0.2, 0.25) is 0 Å². The van der Waals surface area contributed by atoms with Crippen LogP contribution in [-0.4, -0.2) is 17.2 Å². The maximum absolute atomic E-state index is 5.99. The van der Waals surface area contributed by atoms with Crippen molar-refractivity contribution >= 4 is 50.3 Å². The van der Waals surface area contributed by atoms with Gasteiger partial charge in [0.15, 0.2) is 5.11 Å². The number of aromatic nitrogens is 1. The number of nitrogens with one attached hydrogen (secondary N) is 1. The van der Waals surface area contributed by atoms with Crippen LogP contribution in [0.1, 0.15) is 22.7 Å². The fourth-order valence-corrected chi connectivity index (χ4v) is 5.78. The number of halogens is 1. The zero-order valence-electron chi connectivity index (χ0n) is 17.6. The van der Waals surface area contributed by atoms with Gasteiger partial charge in [-0.3, -0.25) is 4.98 Å². The van der Waals surface area contributed by atoms with Crippen LogP contribution < -0.4 is 19.7 Å². The molecule has 0 spiro atoms. The highest BCUT2D eigenvalue weighted by atomic mass is 79.9. The van der Waals surface area contributed by atoms with Gasteiger partial charge in [0.05, 0.1) is 24.9 Å². The summed E-state index contributed by atoms with van der Waals surface area (Å²) in [5, 5.41) is 6.25. The molecule has 2 atom stereocenters. The summed E-state index contributed by atoms with van der Waals surface area (Å²) >= 11 is 11.1. The monoisotopic (exact) mass is 537 g/mol. The van der Waals surface area contributed by atoms with Crippen molar-refractivity contribution in [3.8, 4) is 17.2 Å². The van der Waals surface area contributed by atoms with Crippen molar-refractivity contribution in [1.82, 2.24) is 10.3 Å². The van der Waals surface area contributed by atoms with Gasteiger partial charge in [-0.2, -0.15) is 0 Å². The molecule has 0 unspecified atom stereocenters. The van der Waals surface area contributed by atoms with Crippen LogP contribution in [0.15, 0.2) is 88.8 Å². The zero-order valence-corrected chi connectivity index (χ0v) is 20.9. The Morgan fingerprint density at radius 3 is 2.30 bits per heavy atom. The van der Waals surface area contributed by atoms with E-state index >= 15 is 0 Å². The van der Waals surface area contributed by atoms with E-state index < -0.39 is 0 Å². The van der Waals surface area contributed by atoms with Crippen molar-refractivity contribution in [2.24, 2.45) is 0 Å². The quantitative estimate of drug-likeness (QED) is 0.270. The largest absolute Gasteiger partial charge is 0.497 e. The second kappa shape index (κ2) is 9.51. The minimum absolute atomic E-state index is 0.0166. The molecule has 0 aliphatic carbocycles. The summed E-state index contributed by atoms with van der Waals surface area (Å²) in [7, 11) is 1.65. The lowest BCUT2D eigenvalue weighted by molar-refractivity contribution is 0.413. The third-order valence-electron chi connectivity index (χ3n) is 5.39. The van der Waals surface area contributed by atoms with Gasteiger partial charge >= 0.3 is 0 Å². The van der Waals surface area contributed by atoms with E-state index in [9.17, 15) is 0 Å². The Bertz CT molecular complexity index is 1250. The highest BCUT2D eigenvalue weighted by Crippen LogP contribution is 2.44. The number of hydrogen-bond acceptors (Lipinski definition) is 5. The fraction of sp³-hybridized carbons (Fsp3) is 0.120. The molecule has 0 saturated carbocycles. The number of rotatable bonds is 6. The van der Waals surface area contributed by atoms with Crippen molar-refractivity contribution in [1.29, 1.82) is 0 Å². The molecule has 33 heavy (non-hydrogen) atoms. The molecule has 166 valence electrons. The average Bonchev–Trinajstić information content (AvgIpc) is 3.43. The van der Waals surface area contributed by atoms with Gasteiger partial charge in [0, 0.05) is 26.6 Å². The van der Waals surface area contributed by atoms with E-state index in [1.807, 2.05) is 72.9 Å². The molecule has 1 aliphatic rings. The molecule has 1 N–H and O–H groups in total. The van der Waals surface area contributed by atoms with Crippen molar-refractivity contribution in [3.05, 3.63) is 99.4 Å². The molecular weight excluding hydrogens is 518 g/mol. The van der Waals surface area contributed by atoms with Crippen molar-refractivity contribution < 1.29 is 9.47 Å². The van der Waals surface area contributed by atoms with Gasteiger partial charge in [-0.15, -0.1) is 11.3 Å². The van der Waals surface area contributed by atoms with E-state index in [2.05, 4.69) is 42.6 Å². The third kappa shape index (κ3) is 4.59. The predicted octanol–water partition coefficient (Wildman–Crippen LogP) is 6.88. The maximum Gasteiger partial charge on any atom is 0.174 e. The Labute approximate surface area is 210 Å². The maximum atomic E-state index is 5.99. The van der Waals surface area contributed by atoms with Gasteiger partial charge in [-0.05, 0) is 94.9 Å². The van der Waals surface area contributed by atoms with Crippen molar-refractivity contribution in [2.45, 2.75) is 12.1 Å². The standard InChI is InChI=1S/C25H20BrN3O2S2/c1-30-18-9-11-20(12-10-18)31-19-7-5-17(6-8-19)29-24(22-14-16(26)15-33-22)23(28-25(29)32)21-4-2-3-13-27-21/h2-15,23-24H,1H3,(H,28,32)/t23-,24+/m0/s1. The number of nitrogens with zero attached hydrogens (tertiary/aromatic N) is 2. The van der Waals surface area contributed by atoms with Gasteiger partial charge < -0.3 is 19.7 Å². The van der Waals surface area contributed by atoms with Gasteiger partial charge in [-0.25, -0.2) is 0 Å². The Balaban J connectivity index is 1.44. The van der Waals surface area contributed by atoms with E-state index in [0.29, 0.717) is 5.11 Å². The first-order valence-electron chi connectivity index (χ1n) is 10.3. The smallest absolute Gasteiger partial charge is 0.174 e. The Hall–Kier alpha value is -2.94. The van der Waals surface area contributed by atoms with E-state index in [4.69, 9.17) is 21.7 Å². The highest BCUT2D eigenvalue weighted by Gasteiger charge is 2.41. The number of pyridine rings is 1. The van der Waals surface area contributed by atoms with Crippen LogP contribution >= 0.6 is 39.5 Å². The molecule has 8 heteroatoms. The summed E-state index contributed by atoms with van der Waals surface area (Å²) in [5.74, 6) is 2.29. The lowest BCUT2D eigenvalue weighted by atomic mass is 10.0. The minimum Gasteiger partial charge on any atom is -0.497 e. The third-order valence-corrected chi connectivity index (χ3v) is 7.47. The number of ether oxygens (including phenoxy) is 2. The highest BCUT2D eigenvalue weighted by molar-refractivity contribution is 9.10. The molecule has 2 aromatic heterocycles. The fourth-order valence-electron chi connectivity index (χ4n) is 3.86. The first kappa shape index (κ1) is 21.9. The van der Waals surface area contributed by atoms with Crippen molar-refractivity contribution in [3.63, 3.8) is 0 Å². The summed E-state index contributed by atoms with van der Waals surface area (Å²) in [6, 6.07) is 23.5. The predicted molar refractivity (Wildman–Crippen MR) is 139 cm³/mol. The lowest BCUT2D eigenvalue weighted by Crippen LogP contribution is -2.28. The van der Waals surface area contributed by atoms with Crippen molar-refractivity contribution in [2.75, 3.05) is 12.0 Å². The number of thiophene rings is 1. The van der Waals surface area contributed by atoms with Gasteiger partial charge in [0.25, 0.3) is 0 Å². The molecule has 1 fully saturated rings. The summed E-state index contributed by atoms with van der Waals surface area (Å²) in [6.45, 7) is 0. The lowest BCUT2D eigenvalue weighted by Gasteiger charge is -2.27. The number of hydrogen-bond donors (Lipinski definition) is 1. The second-order valence-electron chi connectivity index (χ2n) is 7.44. The van der Waals surface area contributed by atoms with E-state index in [0.717, 1.165) is 33.1 Å². The van der Waals surface area contributed by atoms with E-state index in [1.54, 1.807) is 18.4 Å². The Morgan fingerprint density at radius 2 is 1.70 bits per heavy atom. The normalized spacial score (nSPS) is 17.6. The van der Waals surface area contributed by atoms with E-state index in [1.165, 1.54) is 4.88 Å². The van der Waals surface area contributed by atoms with Crippen LogP contribution in [0.3, 0.4) is 0 Å². The minimum atomic E-state index is -0.0560. The molecule has 2 aromatic carbocycles. The molecule has 5 rings (SSSR count). The molecule has 1 saturated heterocycles. The van der Waals surface area contributed by atoms with Crippen LogP contribution in [0, 0.1) is 0 Å². The van der Waals surface area contributed by atoms with Crippen LogP contribution in [0.25, 0.3) is 0 Å². The van der Waals surface area contributed by atoms with Gasteiger partial charge in [0.2, 0.25) is 0 Å². The summed E-state index contributed by atoms with van der Waals surface area (Å²) in [5.41, 5.74) is 1.94. The Morgan fingerprint density at radius 1 is 1.00 bits per heavy atom. The second-order valence-corrected chi connectivity index (χ2v) is 9.68. The molecule has 4 aromatic rings. The first-order chi connectivity index (χ1) is 16.1. The van der Waals surface area contributed by atoms with Crippen LogP contribution in [0.4, 0.5) is 5.69 Å². The average molecular weight is 538 g/mol. The van der Waals surface area contributed by atoms with Gasteiger partial charge in [-0.1, -0.05) is 6.07 Å². The molecular formula is C25H20BrN3O2S2. The first-order valence-corrected chi connectivity index (χ1v) is 12.4. The molecule has 0 bridgehead atoms. The number of methoxy groups -OCH3 is 1. The van der Waals surface area contributed by atoms with Crippen LogP contribution in [-0.2, 0) is 0 Å². The molecule has 1 aliphatic heterocycles. The summed E-state index contributed by atoms with van der Waals surface area (Å²) in [4.78, 5) is 7.95. The van der Waals surface area contributed by atoms with Gasteiger partial charge in [0.1, 0.15) is 17.2 Å². The molecule has 0 amide bonds. The van der Waals surface area contributed by atoms with E-state index in [-0.39, 0.29) is 12.1 Å². The number of benzene rings is 2. The number of thiocarbonyl (C=S) groups is 1. The summed E-state index contributed by atoms with van der Waals surface area (Å²) in [6.07, 6.45) is 1.81. The SMILES string of the molecule is COc1ccc(Oc2ccc(N3C(=S)N[C@@H](c4ccccn4)[C@H]3c3cc(Br)cs3)cc2)cc1. The molecule has 0 radical (unpaired) electrons. The topological polar surface area (TPSA) is 46.6 Å². The zero-order chi connectivity index (χ0) is 22.8. The number of anilines is 1. The van der Waals surface area contributed by atoms with Crippen LogP contribution in [0.5, 0.6) is 17.2 Å². The molecule has 3 heterocycles. The Kier molecular flexibility index (Phi) is 6.30.